The van der Waals surface area contributed by atoms with Crippen LogP contribution in [0.1, 0.15) is 0 Å². The number of ether oxygens (including phenoxy) is 1. The number of furan rings is 1. The third kappa shape index (κ3) is 2.74. The third-order valence-corrected chi connectivity index (χ3v) is 4.28. The number of hydrogen-bond donors (Lipinski definition) is 2. The first kappa shape index (κ1) is 15.4. The fraction of sp³-hybridized carbons (Fsp3) is 0.111. The SMILES string of the molecule is O=C1OCCN1c1ccc(Nc2nc(-c3ccoc3)nc3cn[nH]c23)cc1. The highest BCUT2D eigenvalue weighted by Crippen LogP contribution is 2.27. The highest BCUT2D eigenvalue weighted by atomic mass is 16.6. The molecular formula is C18H14N6O3. The molecule has 9 heteroatoms. The Morgan fingerprint density at radius 1 is 1.15 bits per heavy atom. The van der Waals surface area contributed by atoms with Crippen LogP contribution in [-0.4, -0.2) is 39.4 Å². The zero-order chi connectivity index (χ0) is 18.2. The van der Waals surface area contributed by atoms with Crippen molar-refractivity contribution >= 4 is 34.3 Å². The normalized spacial score (nSPS) is 13.9. The molecule has 0 bridgehead atoms. The molecule has 4 heterocycles. The van der Waals surface area contributed by atoms with Gasteiger partial charge in [-0.3, -0.25) is 10.00 Å². The number of carbonyl (C=O) groups excluding carboxylic acids is 1. The minimum Gasteiger partial charge on any atom is -0.472 e. The Kier molecular flexibility index (Phi) is 3.49. The Bertz CT molecular complexity index is 1100. The van der Waals surface area contributed by atoms with Crippen molar-refractivity contribution in [3.63, 3.8) is 0 Å². The summed E-state index contributed by atoms with van der Waals surface area (Å²) in [5, 5.41) is 10.2. The first-order valence-corrected chi connectivity index (χ1v) is 8.33. The van der Waals surface area contributed by atoms with Gasteiger partial charge >= 0.3 is 6.09 Å². The molecule has 1 fully saturated rings. The number of H-pyrrole nitrogens is 1. The molecule has 27 heavy (non-hydrogen) atoms. The van der Waals surface area contributed by atoms with Gasteiger partial charge in [-0.05, 0) is 30.3 Å². The van der Waals surface area contributed by atoms with Crippen molar-refractivity contribution in [2.24, 2.45) is 0 Å². The first-order chi connectivity index (χ1) is 13.3. The summed E-state index contributed by atoms with van der Waals surface area (Å²) in [6.07, 6.45) is 4.49. The molecule has 0 unspecified atom stereocenters. The Morgan fingerprint density at radius 3 is 2.78 bits per heavy atom. The predicted molar refractivity (Wildman–Crippen MR) is 97.8 cm³/mol. The van der Waals surface area contributed by atoms with E-state index in [1.165, 1.54) is 0 Å². The van der Waals surface area contributed by atoms with Gasteiger partial charge in [0, 0.05) is 11.4 Å². The molecule has 2 N–H and O–H groups in total. The fourth-order valence-electron chi connectivity index (χ4n) is 2.94. The molecule has 0 spiro atoms. The Hall–Kier alpha value is -3.88. The second kappa shape index (κ2) is 6.13. The second-order valence-electron chi connectivity index (χ2n) is 5.98. The van der Waals surface area contributed by atoms with Gasteiger partial charge in [0.2, 0.25) is 0 Å². The molecule has 134 valence electrons. The number of cyclic esters (lactones) is 1. The van der Waals surface area contributed by atoms with E-state index in [1.807, 2.05) is 24.3 Å². The first-order valence-electron chi connectivity index (χ1n) is 8.33. The van der Waals surface area contributed by atoms with Gasteiger partial charge in [-0.2, -0.15) is 5.10 Å². The number of nitrogens with zero attached hydrogens (tertiary/aromatic N) is 4. The number of hydrogen-bond acceptors (Lipinski definition) is 7. The van der Waals surface area contributed by atoms with Crippen LogP contribution in [0.5, 0.6) is 0 Å². The van der Waals surface area contributed by atoms with Crippen LogP contribution >= 0.6 is 0 Å². The van der Waals surface area contributed by atoms with E-state index >= 15 is 0 Å². The number of fused-ring (bicyclic) bond motifs is 1. The fourth-order valence-corrected chi connectivity index (χ4v) is 2.94. The lowest BCUT2D eigenvalue weighted by atomic mass is 10.2. The summed E-state index contributed by atoms with van der Waals surface area (Å²) < 4.78 is 10.1. The summed E-state index contributed by atoms with van der Waals surface area (Å²) in [7, 11) is 0. The lowest BCUT2D eigenvalue weighted by molar-refractivity contribution is 0.181. The van der Waals surface area contributed by atoms with Crippen LogP contribution in [0, 0.1) is 0 Å². The summed E-state index contributed by atoms with van der Waals surface area (Å²) in [4.78, 5) is 22.3. The summed E-state index contributed by atoms with van der Waals surface area (Å²) in [6.45, 7) is 0.967. The van der Waals surface area contributed by atoms with Gasteiger partial charge in [0.25, 0.3) is 0 Å². The van der Waals surface area contributed by atoms with E-state index in [0.717, 1.165) is 16.9 Å². The molecule has 1 saturated heterocycles. The Labute approximate surface area is 153 Å². The van der Waals surface area contributed by atoms with E-state index < -0.39 is 0 Å². The average Bonchev–Trinajstić information content (AvgIpc) is 3.44. The summed E-state index contributed by atoms with van der Waals surface area (Å²) in [6, 6.07) is 9.27. The molecule has 3 aromatic heterocycles. The Morgan fingerprint density at radius 2 is 2.04 bits per heavy atom. The van der Waals surface area contributed by atoms with Crippen LogP contribution in [0.3, 0.4) is 0 Å². The van der Waals surface area contributed by atoms with Crippen molar-refractivity contribution in [1.29, 1.82) is 0 Å². The lowest BCUT2D eigenvalue weighted by Crippen LogP contribution is -2.23. The summed E-state index contributed by atoms with van der Waals surface area (Å²) in [5.41, 5.74) is 3.79. The molecule has 1 aromatic carbocycles. The number of aromatic nitrogens is 4. The van der Waals surface area contributed by atoms with E-state index in [4.69, 9.17) is 9.15 Å². The van der Waals surface area contributed by atoms with Crippen molar-refractivity contribution in [2.75, 3.05) is 23.4 Å². The zero-order valence-corrected chi connectivity index (χ0v) is 14.0. The maximum absolute atomic E-state index is 11.7. The van der Waals surface area contributed by atoms with Crippen molar-refractivity contribution in [2.45, 2.75) is 0 Å². The van der Waals surface area contributed by atoms with E-state index in [1.54, 1.807) is 29.7 Å². The number of carbonyl (C=O) groups is 1. The largest absolute Gasteiger partial charge is 0.472 e. The molecule has 9 nitrogen and oxygen atoms in total. The summed E-state index contributed by atoms with van der Waals surface area (Å²) in [5.74, 6) is 1.14. The predicted octanol–water partition coefficient (Wildman–Crippen LogP) is 3.31. The molecule has 1 aliphatic rings. The van der Waals surface area contributed by atoms with Crippen molar-refractivity contribution in [3.05, 3.63) is 49.1 Å². The molecule has 5 rings (SSSR count). The molecule has 4 aromatic rings. The van der Waals surface area contributed by atoms with E-state index in [-0.39, 0.29) is 6.09 Å². The molecule has 1 amide bonds. The second-order valence-corrected chi connectivity index (χ2v) is 5.98. The average molecular weight is 362 g/mol. The number of rotatable bonds is 4. The standard InChI is InChI=1S/C18H14N6O3/c25-18-24(6-8-27-18)13-3-1-12(2-4-13)20-17-15-14(9-19-23-15)21-16(22-17)11-5-7-26-10-11/h1-5,7,9-10H,6,8H2,(H,19,23)(H,20,21,22). The van der Waals surface area contributed by atoms with Crippen molar-refractivity contribution in [3.8, 4) is 11.4 Å². The van der Waals surface area contributed by atoms with Gasteiger partial charge < -0.3 is 14.5 Å². The summed E-state index contributed by atoms with van der Waals surface area (Å²) >= 11 is 0. The molecule has 0 aliphatic carbocycles. The van der Waals surface area contributed by atoms with Gasteiger partial charge in [0.05, 0.1) is 24.6 Å². The topological polar surface area (TPSA) is 109 Å². The highest BCUT2D eigenvalue weighted by Gasteiger charge is 2.23. The van der Waals surface area contributed by atoms with Gasteiger partial charge in [-0.25, -0.2) is 14.8 Å². The van der Waals surface area contributed by atoms with Gasteiger partial charge in [-0.1, -0.05) is 0 Å². The van der Waals surface area contributed by atoms with Gasteiger partial charge in [0.15, 0.2) is 11.6 Å². The quantitative estimate of drug-likeness (QED) is 0.573. The number of anilines is 3. The van der Waals surface area contributed by atoms with E-state index in [9.17, 15) is 4.79 Å². The maximum Gasteiger partial charge on any atom is 0.414 e. The Balaban J connectivity index is 1.47. The van der Waals surface area contributed by atoms with Crippen LogP contribution in [0.25, 0.3) is 22.4 Å². The lowest BCUT2D eigenvalue weighted by Gasteiger charge is -2.13. The van der Waals surface area contributed by atoms with Gasteiger partial charge in [0.1, 0.15) is 23.9 Å². The maximum atomic E-state index is 11.7. The van der Waals surface area contributed by atoms with Gasteiger partial charge in [-0.15, -0.1) is 0 Å². The smallest absolute Gasteiger partial charge is 0.414 e. The number of amides is 1. The number of nitrogens with one attached hydrogen (secondary N) is 2. The minimum absolute atomic E-state index is 0.324. The van der Waals surface area contributed by atoms with Crippen molar-refractivity contribution in [1.82, 2.24) is 20.2 Å². The van der Waals surface area contributed by atoms with Crippen LogP contribution in [0.15, 0.2) is 53.5 Å². The van der Waals surface area contributed by atoms with Crippen LogP contribution in [-0.2, 0) is 4.74 Å². The van der Waals surface area contributed by atoms with Crippen LogP contribution in [0.4, 0.5) is 22.0 Å². The molecule has 0 saturated carbocycles. The van der Waals surface area contributed by atoms with Crippen LogP contribution < -0.4 is 10.2 Å². The molecular weight excluding hydrogens is 348 g/mol. The zero-order valence-electron chi connectivity index (χ0n) is 14.0. The number of aromatic amines is 1. The third-order valence-electron chi connectivity index (χ3n) is 4.28. The van der Waals surface area contributed by atoms with E-state index in [0.29, 0.717) is 35.8 Å². The molecule has 0 atom stereocenters. The van der Waals surface area contributed by atoms with E-state index in [2.05, 4.69) is 25.5 Å². The highest BCUT2D eigenvalue weighted by molar-refractivity contribution is 5.90. The number of benzene rings is 1. The molecule has 0 radical (unpaired) electrons. The molecule has 1 aliphatic heterocycles. The van der Waals surface area contributed by atoms with Crippen molar-refractivity contribution < 1.29 is 13.9 Å². The van der Waals surface area contributed by atoms with Crippen LogP contribution in [0.2, 0.25) is 0 Å². The minimum atomic E-state index is -0.324. The monoisotopic (exact) mass is 362 g/mol.